The molecule has 3 rings (SSSR count). The normalized spacial score (nSPS) is 16.2. The molecule has 2 heterocycles. The summed E-state index contributed by atoms with van der Waals surface area (Å²) in [5.41, 5.74) is 7.17. The van der Waals surface area contributed by atoms with E-state index in [0.29, 0.717) is 22.0 Å². The molecule has 112 valence electrons. The maximum atomic E-state index is 12.6. The smallest absolute Gasteiger partial charge is 0.265 e. The highest BCUT2D eigenvalue weighted by molar-refractivity contribution is 7.21. The average Bonchev–Trinajstić information content (AvgIpc) is 2.85. The molecule has 0 saturated heterocycles. The van der Waals surface area contributed by atoms with Crippen molar-refractivity contribution in [3.05, 3.63) is 17.3 Å². The van der Waals surface area contributed by atoms with Crippen LogP contribution < -0.4 is 5.73 Å². The highest BCUT2D eigenvalue weighted by atomic mass is 32.1. The van der Waals surface area contributed by atoms with Crippen LogP contribution in [-0.4, -0.2) is 34.4 Å². The summed E-state index contributed by atoms with van der Waals surface area (Å²) in [5, 5.41) is 0. The van der Waals surface area contributed by atoms with Gasteiger partial charge in [-0.1, -0.05) is 19.3 Å². The van der Waals surface area contributed by atoms with Crippen LogP contribution in [0.25, 0.3) is 10.3 Å². The largest absolute Gasteiger partial charge is 0.396 e. The first-order valence-corrected chi connectivity index (χ1v) is 8.23. The second-order valence-electron chi connectivity index (χ2n) is 5.74. The Bertz CT molecular complexity index is 648. The molecular weight excluding hydrogens is 284 g/mol. The Morgan fingerprint density at radius 3 is 2.76 bits per heavy atom. The lowest BCUT2D eigenvalue weighted by Crippen LogP contribution is -2.32. The Kier molecular flexibility index (Phi) is 4.05. The Labute approximate surface area is 128 Å². The number of nitrogen functional groups attached to an aromatic ring is 1. The number of thiophene rings is 1. The van der Waals surface area contributed by atoms with Crippen LogP contribution in [0.5, 0.6) is 0 Å². The molecule has 2 aromatic rings. The van der Waals surface area contributed by atoms with Gasteiger partial charge in [0.05, 0.1) is 5.69 Å². The third-order valence-electron chi connectivity index (χ3n) is 4.16. The van der Waals surface area contributed by atoms with Crippen molar-refractivity contribution in [2.24, 2.45) is 5.92 Å². The van der Waals surface area contributed by atoms with Gasteiger partial charge in [0, 0.05) is 26.0 Å². The van der Waals surface area contributed by atoms with E-state index in [0.717, 1.165) is 11.4 Å². The predicted octanol–water partition coefficient (Wildman–Crippen LogP) is 2.93. The summed E-state index contributed by atoms with van der Waals surface area (Å²) in [7, 11) is 1.86. The maximum absolute atomic E-state index is 12.6. The first kappa shape index (κ1) is 14.3. The lowest BCUT2D eigenvalue weighted by molar-refractivity contribution is 0.0766. The molecule has 1 saturated carbocycles. The SMILES string of the molecule is CN(CC1CCCCC1)C(=O)c1sc2nccnc2c1N. The van der Waals surface area contributed by atoms with Crippen molar-refractivity contribution in [1.29, 1.82) is 0 Å². The molecule has 0 bridgehead atoms. The van der Waals surface area contributed by atoms with Crippen molar-refractivity contribution in [2.75, 3.05) is 19.3 Å². The first-order chi connectivity index (χ1) is 10.2. The lowest BCUT2D eigenvalue weighted by Gasteiger charge is -2.26. The zero-order chi connectivity index (χ0) is 14.8. The second kappa shape index (κ2) is 5.97. The Balaban J connectivity index is 1.77. The molecule has 0 radical (unpaired) electrons. The molecule has 0 unspecified atom stereocenters. The van der Waals surface area contributed by atoms with Gasteiger partial charge in [-0.25, -0.2) is 9.97 Å². The molecule has 0 atom stereocenters. The van der Waals surface area contributed by atoms with Crippen molar-refractivity contribution in [2.45, 2.75) is 32.1 Å². The van der Waals surface area contributed by atoms with Gasteiger partial charge in [-0.2, -0.15) is 0 Å². The van der Waals surface area contributed by atoms with Crippen molar-refractivity contribution < 1.29 is 4.79 Å². The van der Waals surface area contributed by atoms with Crippen LogP contribution in [-0.2, 0) is 0 Å². The van der Waals surface area contributed by atoms with Gasteiger partial charge in [-0.05, 0) is 18.8 Å². The van der Waals surface area contributed by atoms with E-state index < -0.39 is 0 Å². The summed E-state index contributed by atoms with van der Waals surface area (Å²) < 4.78 is 0. The quantitative estimate of drug-likeness (QED) is 0.946. The fourth-order valence-corrected chi connectivity index (χ4v) is 4.03. The molecule has 2 aromatic heterocycles. The van der Waals surface area contributed by atoms with E-state index in [1.807, 2.05) is 7.05 Å². The van der Waals surface area contributed by atoms with Crippen LogP contribution in [0.1, 0.15) is 41.8 Å². The van der Waals surface area contributed by atoms with Crippen molar-refractivity contribution in [3.63, 3.8) is 0 Å². The number of aromatic nitrogens is 2. The summed E-state index contributed by atoms with van der Waals surface area (Å²) in [5.74, 6) is 0.613. The minimum atomic E-state index is -0.0112. The molecule has 6 heteroatoms. The van der Waals surface area contributed by atoms with E-state index >= 15 is 0 Å². The van der Waals surface area contributed by atoms with E-state index in [1.165, 1.54) is 43.4 Å². The van der Waals surface area contributed by atoms with Crippen LogP contribution >= 0.6 is 11.3 Å². The molecule has 0 aromatic carbocycles. The van der Waals surface area contributed by atoms with Crippen LogP contribution in [0, 0.1) is 5.92 Å². The van der Waals surface area contributed by atoms with Crippen LogP contribution in [0.4, 0.5) is 5.69 Å². The molecule has 21 heavy (non-hydrogen) atoms. The predicted molar refractivity (Wildman–Crippen MR) is 85.4 cm³/mol. The fourth-order valence-electron chi connectivity index (χ4n) is 3.02. The zero-order valence-corrected chi connectivity index (χ0v) is 13.0. The van der Waals surface area contributed by atoms with E-state index in [2.05, 4.69) is 9.97 Å². The molecule has 1 amide bonds. The highest BCUT2D eigenvalue weighted by Gasteiger charge is 2.23. The monoisotopic (exact) mass is 304 g/mol. The Morgan fingerprint density at radius 1 is 1.33 bits per heavy atom. The van der Waals surface area contributed by atoms with Crippen LogP contribution in [0.2, 0.25) is 0 Å². The van der Waals surface area contributed by atoms with Crippen LogP contribution in [0.15, 0.2) is 12.4 Å². The molecular formula is C15H20N4OS. The molecule has 1 aliphatic carbocycles. The fraction of sp³-hybridized carbons (Fsp3) is 0.533. The van der Waals surface area contributed by atoms with Gasteiger partial charge in [-0.3, -0.25) is 4.79 Å². The van der Waals surface area contributed by atoms with Gasteiger partial charge in [0.2, 0.25) is 0 Å². The zero-order valence-electron chi connectivity index (χ0n) is 12.2. The van der Waals surface area contributed by atoms with E-state index in [9.17, 15) is 4.79 Å². The summed E-state index contributed by atoms with van der Waals surface area (Å²) in [6, 6.07) is 0. The Hall–Kier alpha value is -1.69. The number of rotatable bonds is 3. The number of hydrogen-bond acceptors (Lipinski definition) is 5. The number of nitrogens with zero attached hydrogens (tertiary/aromatic N) is 3. The molecule has 1 fully saturated rings. The third kappa shape index (κ3) is 2.85. The van der Waals surface area contributed by atoms with Gasteiger partial charge in [0.15, 0.2) is 0 Å². The maximum Gasteiger partial charge on any atom is 0.265 e. The van der Waals surface area contributed by atoms with E-state index in [4.69, 9.17) is 5.73 Å². The number of nitrogens with two attached hydrogens (primary N) is 1. The minimum absolute atomic E-state index is 0.0112. The van der Waals surface area contributed by atoms with Gasteiger partial charge >= 0.3 is 0 Å². The van der Waals surface area contributed by atoms with Crippen molar-refractivity contribution in [3.8, 4) is 0 Å². The molecule has 0 aliphatic heterocycles. The third-order valence-corrected chi connectivity index (χ3v) is 5.25. The summed E-state index contributed by atoms with van der Waals surface area (Å²) >= 11 is 1.33. The topological polar surface area (TPSA) is 72.1 Å². The van der Waals surface area contributed by atoms with Crippen LogP contribution in [0.3, 0.4) is 0 Å². The van der Waals surface area contributed by atoms with E-state index in [-0.39, 0.29) is 5.91 Å². The van der Waals surface area contributed by atoms with E-state index in [1.54, 1.807) is 17.3 Å². The lowest BCUT2D eigenvalue weighted by atomic mass is 9.89. The summed E-state index contributed by atoms with van der Waals surface area (Å²) in [6.45, 7) is 0.813. The van der Waals surface area contributed by atoms with Gasteiger partial charge in [0.25, 0.3) is 5.91 Å². The summed E-state index contributed by atoms with van der Waals surface area (Å²) in [4.78, 5) is 24.1. The number of anilines is 1. The number of hydrogen-bond donors (Lipinski definition) is 1. The number of amides is 1. The number of fused-ring (bicyclic) bond motifs is 1. The van der Waals surface area contributed by atoms with Gasteiger partial charge in [-0.15, -0.1) is 11.3 Å². The molecule has 0 spiro atoms. The molecule has 5 nitrogen and oxygen atoms in total. The van der Waals surface area contributed by atoms with Gasteiger partial charge in [0.1, 0.15) is 15.2 Å². The summed E-state index contributed by atoms with van der Waals surface area (Å²) in [6.07, 6.45) is 9.57. The second-order valence-corrected chi connectivity index (χ2v) is 6.74. The number of carbonyl (C=O) groups excluding carboxylic acids is 1. The average molecular weight is 304 g/mol. The molecule has 2 N–H and O–H groups in total. The standard InChI is InChI=1S/C15H20N4OS/c1-19(9-10-5-3-2-4-6-10)15(20)13-11(16)12-14(21-13)18-8-7-17-12/h7-8,10H,2-6,9,16H2,1H3. The minimum Gasteiger partial charge on any atom is -0.396 e. The van der Waals surface area contributed by atoms with Crippen molar-refractivity contribution >= 4 is 33.3 Å². The first-order valence-electron chi connectivity index (χ1n) is 7.41. The molecule has 1 aliphatic rings. The number of carbonyl (C=O) groups is 1. The highest BCUT2D eigenvalue weighted by Crippen LogP contribution is 2.32. The van der Waals surface area contributed by atoms with Crippen molar-refractivity contribution in [1.82, 2.24) is 14.9 Å². The van der Waals surface area contributed by atoms with Gasteiger partial charge < -0.3 is 10.6 Å². The Morgan fingerprint density at radius 2 is 2.05 bits per heavy atom.